The van der Waals surface area contributed by atoms with Crippen LogP contribution in [0.4, 0.5) is 14.5 Å². The van der Waals surface area contributed by atoms with Gasteiger partial charge in [0.15, 0.2) is 6.10 Å². The maximum atomic E-state index is 14.5. The molecule has 3 saturated heterocycles. The van der Waals surface area contributed by atoms with Gasteiger partial charge in [-0.3, -0.25) is 9.59 Å². The van der Waals surface area contributed by atoms with E-state index in [2.05, 4.69) is 20.5 Å². The van der Waals surface area contributed by atoms with Crippen molar-refractivity contribution in [2.24, 2.45) is 0 Å². The average Bonchev–Trinajstić information content (AvgIpc) is 3.54. The summed E-state index contributed by atoms with van der Waals surface area (Å²) in [5, 5.41) is 4.41. The predicted molar refractivity (Wildman–Crippen MR) is 152 cm³/mol. The molecule has 2 amide bonds. The van der Waals surface area contributed by atoms with Crippen LogP contribution in [0.1, 0.15) is 27.1 Å². The summed E-state index contributed by atoms with van der Waals surface area (Å²) in [6.07, 6.45) is 2.45. The summed E-state index contributed by atoms with van der Waals surface area (Å²) in [7, 11) is 0. The lowest BCUT2D eigenvalue weighted by Gasteiger charge is -2.35. The Morgan fingerprint density at radius 1 is 0.786 bits per heavy atom. The summed E-state index contributed by atoms with van der Waals surface area (Å²) in [6.45, 7) is 6.68. The quantitative estimate of drug-likeness (QED) is 0.450. The molecule has 2 aromatic carbocycles. The summed E-state index contributed by atoms with van der Waals surface area (Å²) < 4.78 is 34.3. The van der Waals surface area contributed by atoms with Crippen molar-refractivity contribution in [3.8, 4) is 17.0 Å². The molecule has 1 aromatic heterocycles. The van der Waals surface area contributed by atoms with Crippen molar-refractivity contribution in [3.05, 3.63) is 77.5 Å². The molecule has 11 heteroatoms. The van der Waals surface area contributed by atoms with Crippen LogP contribution < -0.4 is 20.3 Å². The SMILES string of the molecule is O=C(c1cc(F)cc(N2CC[NH2+]CC2)c1)N1CCN(C(=O)c2cnc(O[C@H]3CC[NH2+]C3)c(-c3ccc(F)cc3)c2)CC1. The van der Waals surface area contributed by atoms with Crippen molar-refractivity contribution < 1.29 is 33.7 Å². The number of nitrogens with zero attached hydrogens (tertiary/aromatic N) is 4. The van der Waals surface area contributed by atoms with Crippen LogP contribution in [0, 0.1) is 11.6 Å². The predicted octanol–water partition coefficient (Wildman–Crippen LogP) is 0.723. The molecule has 0 aliphatic carbocycles. The van der Waals surface area contributed by atoms with E-state index in [1.54, 1.807) is 34.1 Å². The Bertz CT molecular complexity index is 1430. The Balaban J connectivity index is 1.15. The summed E-state index contributed by atoms with van der Waals surface area (Å²) in [4.78, 5) is 36.8. The molecule has 3 aromatic rings. The number of carbonyl (C=O) groups excluding carboxylic acids is 2. The lowest BCUT2D eigenvalue weighted by Crippen LogP contribution is -2.89. The molecular formula is C31H36F2N6O3+2. The number of ether oxygens (including phenoxy) is 1. The van der Waals surface area contributed by atoms with E-state index in [-0.39, 0.29) is 23.7 Å². The maximum absolute atomic E-state index is 14.5. The van der Waals surface area contributed by atoms with Crippen molar-refractivity contribution in [1.29, 1.82) is 0 Å². The van der Waals surface area contributed by atoms with Gasteiger partial charge in [0.2, 0.25) is 5.88 Å². The third-order valence-corrected chi connectivity index (χ3v) is 8.21. The lowest BCUT2D eigenvalue weighted by molar-refractivity contribution is -0.655. The number of halogens is 2. The van der Waals surface area contributed by atoms with E-state index in [0.717, 1.165) is 51.4 Å². The Morgan fingerprint density at radius 2 is 1.48 bits per heavy atom. The van der Waals surface area contributed by atoms with E-state index in [0.29, 0.717) is 54.3 Å². The van der Waals surface area contributed by atoms with Gasteiger partial charge in [-0.1, -0.05) is 12.1 Å². The number of benzene rings is 2. The van der Waals surface area contributed by atoms with Gasteiger partial charge in [-0.05, 0) is 42.0 Å². The second-order valence-electron chi connectivity index (χ2n) is 11.1. The van der Waals surface area contributed by atoms with Crippen molar-refractivity contribution in [1.82, 2.24) is 14.8 Å². The first-order valence-electron chi connectivity index (χ1n) is 14.6. The smallest absolute Gasteiger partial charge is 0.255 e. The Labute approximate surface area is 243 Å². The third-order valence-electron chi connectivity index (χ3n) is 8.21. The molecule has 0 bridgehead atoms. The number of quaternary nitrogens is 2. The first kappa shape index (κ1) is 28.0. The number of hydrogen-bond acceptors (Lipinski definition) is 5. The fraction of sp³-hybridized carbons (Fsp3) is 0.387. The normalized spacial score (nSPS) is 19.2. The number of pyridine rings is 1. The molecule has 0 saturated carbocycles. The molecule has 6 rings (SSSR count). The fourth-order valence-corrected chi connectivity index (χ4v) is 5.86. The number of amides is 2. The minimum absolute atomic E-state index is 0.0244. The summed E-state index contributed by atoms with van der Waals surface area (Å²) in [6, 6.07) is 12.3. The minimum atomic E-state index is -0.429. The van der Waals surface area contributed by atoms with Crippen LogP contribution in [0.2, 0.25) is 0 Å². The monoisotopic (exact) mass is 578 g/mol. The zero-order valence-corrected chi connectivity index (χ0v) is 23.5. The zero-order valence-electron chi connectivity index (χ0n) is 23.5. The summed E-state index contributed by atoms with van der Waals surface area (Å²) in [5.74, 6) is -0.794. The standard InChI is InChI=1S/C31H34F2N6O3/c32-24-3-1-21(2-4-24)28-17-23(19-36-29(28)42-27-5-6-35-20-27)31(41)39-13-11-38(12-14-39)30(40)22-15-25(33)18-26(16-22)37-9-7-34-8-10-37/h1-4,15-19,27,34-35H,5-14,20H2/p+2/t27-/m0/s1. The van der Waals surface area contributed by atoms with Crippen LogP contribution in [-0.4, -0.2) is 98.1 Å². The first-order valence-corrected chi connectivity index (χ1v) is 14.6. The first-order chi connectivity index (χ1) is 20.4. The van der Waals surface area contributed by atoms with Gasteiger partial charge in [0, 0.05) is 55.6 Å². The molecule has 220 valence electrons. The van der Waals surface area contributed by atoms with Crippen LogP contribution in [0.15, 0.2) is 54.7 Å². The molecule has 9 nitrogen and oxygen atoms in total. The Kier molecular flexibility index (Phi) is 8.29. The van der Waals surface area contributed by atoms with E-state index >= 15 is 0 Å². The van der Waals surface area contributed by atoms with E-state index in [4.69, 9.17) is 4.74 Å². The number of aromatic nitrogens is 1. The number of carbonyl (C=O) groups is 2. The van der Waals surface area contributed by atoms with Crippen molar-refractivity contribution in [2.75, 3.05) is 70.3 Å². The molecule has 4 heterocycles. The second kappa shape index (κ2) is 12.4. The van der Waals surface area contributed by atoms with Gasteiger partial charge in [-0.15, -0.1) is 0 Å². The highest BCUT2D eigenvalue weighted by Gasteiger charge is 2.28. The lowest BCUT2D eigenvalue weighted by atomic mass is 10.0. The van der Waals surface area contributed by atoms with E-state index in [9.17, 15) is 18.4 Å². The number of anilines is 1. The Hall–Kier alpha value is -4.09. The molecule has 3 aliphatic rings. The van der Waals surface area contributed by atoms with E-state index in [1.165, 1.54) is 30.5 Å². The van der Waals surface area contributed by atoms with Gasteiger partial charge in [0.05, 0.1) is 38.3 Å². The molecule has 0 unspecified atom stereocenters. The van der Waals surface area contributed by atoms with Crippen LogP contribution >= 0.6 is 0 Å². The third kappa shape index (κ3) is 6.22. The van der Waals surface area contributed by atoms with E-state index < -0.39 is 5.82 Å². The molecule has 0 spiro atoms. The Morgan fingerprint density at radius 3 is 2.14 bits per heavy atom. The highest BCUT2D eigenvalue weighted by atomic mass is 19.1. The highest BCUT2D eigenvalue weighted by Crippen LogP contribution is 2.31. The number of nitrogens with two attached hydrogens (primary N) is 2. The van der Waals surface area contributed by atoms with Crippen LogP contribution in [0.5, 0.6) is 5.88 Å². The van der Waals surface area contributed by atoms with Gasteiger partial charge in [-0.2, -0.15) is 0 Å². The minimum Gasteiger partial charge on any atom is -0.468 e. The zero-order chi connectivity index (χ0) is 29.1. The molecule has 3 fully saturated rings. The van der Waals surface area contributed by atoms with Gasteiger partial charge < -0.3 is 30.1 Å². The number of hydrogen-bond donors (Lipinski definition) is 2. The molecule has 0 radical (unpaired) electrons. The largest absolute Gasteiger partial charge is 0.468 e. The maximum Gasteiger partial charge on any atom is 0.255 e. The highest BCUT2D eigenvalue weighted by molar-refractivity contribution is 5.97. The number of piperazine rings is 2. The van der Waals surface area contributed by atoms with Crippen molar-refractivity contribution >= 4 is 17.5 Å². The second-order valence-corrected chi connectivity index (χ2v) is 11.1. The molecule has 1 atom stereocenters. The molecule has 3 aliphatic heterocycles. The van der Waals surface area contributed by atoms with Gasteiger partial charge in [0.25, 0.3) is 11.8 Å². The van der Waals surface area contributed by atoms with Gasteiger partial charge in [0.1, 0.15) is 18.2 Å². The van der Waals surface area contributed by atoms with Crippen LogP contribution in [0.25, 0.3) is 11.1 Å². The molecular weight excluding hydrogens is 542 g/mol. The average molecular weight is 579 g/mol. The van der Waals surface area contributed by atoms with Crippen molar-refractivity contribution in [3.63, 3.8) is 0 Å². The van der Waals surface area contributed by atoms with Crippen molar-refractivity contribution in [2.45, 2.75) is 12.5 Å². The summed E-state index contributed by atoms with van der Waals surface area (Å²) >= 11 is 0. The van der Waals surface area contributed by atoms with Crippen LogP contribution in [0.3, 0.4) is 0 Å². The van der Waals surface area contributed by atoms with Gasteiger partial charge >= 0.3 is 0 Å². The fourth-order valence-electron chi connectivity index (χ4n) is 5.86. The van der Waals surface area contributed by atoms with Crippen LogP contribution in [-0.2, 0) is 0 Å². The van der Waals surface area contributed by atoms with E-state index in [1.807, 2.05) is 0 Å². The van der Waals surface area contributed by atoms with Gasteiger partial charge in [-0.25, -0.2) is 13.8 Å². The topological polar surface area (TPSA) is 99.2 Å². The molecule has 4 N–H and O–H groups in total. The summed E-state index contributed by atoms with van der Waals surface area (Å²) in [5.41, 5.74) is 2.79. The number of rotatable bonds is 6. The molecule has 42 heavy (non-hydrogen) atoms.